The van der Waals surface area contributed by atoms with E-state index >= 15 is 0 Å². The van der Waals surface area contributed by atoms with Crippen molar-refractivity contribution in [3.8, 4) is 5.75 Å². The average molecular weight is 423 g/mol. The van der Waals surface area contributed by atoms with E-state index in [-0.39, 0.29) is 12.3 Å². The zero-order chi connectivity index (χ0) is 22.2. The summed E-state index contributed by atoms with van der Waals surface area (Å²) < 4.78 is 43.2. The molecule has 2 aromatic heterocycles. The van der Waals surface area contributed by atoms with E-state index < -0.39 is 23.9 Å². The fourth-order valence-electron chi connectivity index (χ4n) is 3.30. The molecule has 1 aromatic carbocycles. The van der Waals surface area contributed by atoms with E-state index in [0.717, 1.165) is 4.68 Å². The van der Waals surface area contributed by atoms with Gasteiger partial charge in [0.1, 0.15) is 12.3 Å². The van der Waals surface area contributed by atoms with Crippen LogP contribution in [0.15, 0.2) is 29.1 Å². The average Bonchev–Trinajstić information content (AvgIpc) is 2.93. The number of halogens is 3. The van der Waals surface area contributed by atoms with Gasteiger partial charge in [0, 0.05) is 7.05 Å². The Balaban J connectivity index is 1.73. The van der Waals surface area contributed by atoms with E-state index in [1.54, 1.807) is 32.5 Å². The third-order valence-corrected chi connectivity index (χ3v) is 4.57. The Morgan fingerprint density at radius 2 is 1.80 bits per heavy atom. The van der Waals surface area contributed by atoms with Crippen LogP contribution >= 0.6 is 0 Å². The number of nitrogens with zero attached hydrogens (tertiary/aromatic N) is 4. The highest BCUT2D eigenvalue weighted by atomic mass is 19.4. The second kappa shape index (κ2) is 7.81. The lowest BCUT2D eigenvalue weighted by atomic mass is 10.1. The number of aromatic nitrogens is 4. The van der Waals surface area contributed by atoms with Crippen molar-refractivity contribution in [2.24, 2.45) is 7.05 Å². The second-order valence-electron chi connectivity index (χ2n) is 6.89. The molecule has 0 aliphatic rings. The smallest absolute Gasteiger partial charge is 0.406 e. The molecule has 1 amide bonds. The molecule has 0 bridgehead atoms. The summed E-state index contributed by atoms with van der Waals surface area (Å²) in [5.74, 6) is -0.816. The van der Waals surface area contributed by atoms with Crippen LogP contribution in [-0.4, -0.2) is 31.8 Å². The molecule has 3 aromatic rings. The van der Waals surface area contributed by atoms with Gasteiger partial charge >= 0.3 is 6.36 Å². The summed E-state index contributed by atoms with van der Waals surface area (Å²) in [7, 11) is 1.72. The first-order valence-corrected chi connectivity index (χ1v) is 9.02. The minimum Gasteiger partial charge on any atom is -0.406 e. The van der Waals surface area contributed by atoms with E-state index in [9.17, 15) is 22.8 Å². The monoisotopic (exact) mass is 423 g/mol. The lowest BCUT2D eigenvalue weighted by molar-refractivity contribution is -0.274. The van der Waals surface area contributed by atoms with Crippen molar-refractivity contribution in [3.63, 3.8) is 0 Å². The number of carbonyl (C=O) groups excluding carboxylic acids is 1. The quantitative estimate of drug-likeness (QED) is 0.681. The predicted octanol–water partition coefficient (Wildman–Crippen LogP) is 2.52. The molecule has 11 heteroatoms. The molecule has 0 saturated heterocycles. The first kappa shape index (κ1) is 21.3. The minimum absolute atomic E-state index is 0.302. The van der Waals surface area contributed by atoms with Crippen molar-refractivity contribution < 1.29 is 22.7 Å². The lowest BCUT2D eigenvalue weighted by Crippen LogP contribution is -2.35. The summed E-state index contributed by atoms with van der Waals surface area (Å²) in [5.41, 5.74) is 1.88. The highest BCUT2D eigenvalue weighted by Crippen LogP contribution is 2.24. The number of hydrogen-bond donors (Lipinski definition) is 1. The SMILES string of the molecule is Cc1nn(C)c2c(C)nn(CC(=O)NC(C)c3ccc(OC(F)(F)F)cc3)c(=O)c12. The molecular weight excluding hydrogens is 403 g/mol. The molecule has 0 radical (unpaired) electrons. The van der Waals surface area contributed by atoms with Gasteiger partial charge in [0.15, 0.2) is 0 Å². The number of aryl methyl sites for hydroxylation is 3. The maximum Gasteiger partial charge on any atom is 0.573 e. The van der Waals surface area contributed by atoms with Crippen LogP contribution in [0.3, 0.4) is 0 Å². The third-order valence-electron chi connectivity index (χ3n) is 4.57. The minimum atomic E-state index is -4.77. The molecule has 0 spiro atoms. The number of nitrogens with one attached hydrogen (secondary N) is 1. The highest BCUT2D eigenvalue weighted by molar-refractivity contribution is 5.83. The maximum atomic E-state index is 12.7. The number of amides is 1. The number of carbonyl (C=O) groups is 1. The second-order valence-corrected chi connectivity index (χ2v) is 6.89. The fraction of sp³-hybridized carbons (Fsp3) is 0.368. The van der Waals surface area contributed by atoms with E-state index in [1.807, 2.05) is 0 Å². The van der Waals surface area contributed by atoms with Crippen molar-refractivity contribution in [2.45, 2.75) is 39.7 Å². The van der Waals surface area contributed by atoms with Gasteiger partial charge in [-0.2, -0.15) is 10.2 Å². The Kier molecular flexibility index (Phi) is 5.55. The Bertz CT molecular complexity index is 1150. The number of alkyl halides is 3. The van der Waals surface area contributed by atoms with Gasteiger partial charge in [-0.3, -0.25) is 14.3 Å². The van der Waals surface area contributed by atoms with Gasteiger partial charge < -0.3 is 10.1 Å². The van der Waals surface area contributed by atoms with Crippen molar-refractivity contribution in [3.05, 3.63) is 51.6 Å². The molecule has 30 heavy (non-hydrogen) atoms. The van der Waals surface area contributed by atoms with Crippen molar-refractivity contribution in [1.29, 1.82) is 0 Å². The Morgan fingerprint density at radius 1 is 1.17 bits per heavy atom. The summed E-state index contributed by atoms with van der Waals surface area (Å²) in [5, 5.41) is 11.5. The normalized spacial score (nSPS) is 12.8. The highest BCUT2D eigenvalue weighted by Gasteiger charge is 2.31. The van der Waals surface area contributed by atoms with Crippen LogP contribution < -0.4 is 15.6 Å². The largest absolute Gasteiger partial charge is 0.573 e. The standard InChI is InChI=1S/C19H20F3N5O3/c1-10(13-5-7-14(8-6-13)30-19(20,21)22)23-15(28)9-27-18(29)16-11(2)24-26(4)17(16)12(3)25-27/h5-8,10H,9H2,1-4H3,(H,23,28). The van der Waals surface area contributed by atoms with E-state index in [2.05, 4.69) is 20.3 Å². The first-order valence-electron chi connectivity index (χ1n) is 9.02. The van der Waals surface area contributed by atoms with E-state index in [0.29, 0.717) is 27.9 Å². The lowest BCUT2D eigenvalue weighted by Gasteiger charge is -2.16. The molecule has 1 N–H and O–H groups in total. The first-order chi connectivity index (χ1) is 14.0. The Hall–Kier alpha value is -3.37. The zero-order valence-electron chi connectivity index (χ0n) is 16.7. The van der Waals surface area contributed by atoms with Gasteiger partial charge in [0.25, 0.3) is 5.56 Å². The summed E-state index contributed by atoms with van der Waals surface area (Å²) in [6, 6.07) is 4.68. The van der Waals surface area contributed by atoms with Crippen LogP contribution in [0.25, 0.3) is 10.9 Å². The molecule has 0 aliphatic carbocycles. The predicted molar refractivity (Wildman–Crippen MR) is 102 cm³/mol. The fourth-order valence-corrected chi connectivity index (χ4v) is 3.30. The topological polar surface area (TPSA) is 91.0 Å². The molecule has 160 valence electrons. The molecule has 2 heterocycles. The van der Waals surface area contributed by atoms with Crippen LogP contribution in [0.1, 0.15) is 29.9 Å². The molecule has 1 unspecified atom stereocenters. The van der Waals surface area contributed by atoms with Gasteiger partial charge in [-0.1, -0.05) is 12.1 Å². The number of hydrogen-bond acceptors (Lipinski definition) is 5. The van der Waals surface area contributed by atoms with Crippen molar-refractivity contribution in [1.82, 2.24) is 24.9 Å². The number of ether oxygens (including phenoxy) is 1. The number of fused-ring (bicyclic) bond motifs is 1. The van der Waals surface area contributed by atoms with Gasteiger partial charge in [-0.25, -0.2) is 4.68 Å². The Labute approximate surface area is 169 Å². The van der Waals surface area contributed by atoms with Crippen LogP contribution in [0.2, 0.25) is 0 Å². The number of rotatable bonds is 5. The molecule has 8 nitrogen and oxygen atoms in total. The molecular formula is C19H20F3N5O3. The van der Waals surface area contributed by atoms with Gasteiger partial charge in [-0.15, -0.1) is 13.2 Å². The van der Waals surface area contributed by atoms with Crippen molar-refractivity contribution in [2.75, 3.05) is 0 Å². The zero-order valence-corrected chi connectivity index (χ0v) is 16.7. The molecule has 1 atom stereocenters. The summed E-state index contributed by atoms with van der Waals surface area (Å²) >= 11 is 0. The summed E-state index contributed by atoms with van der Waals surface area (Å²) in [6.07, 6.45) is -4.77. The van der Waals surface area contributed by atoms with Gasteiger partial charge in [0.2, 0.25) is 5.91 Å². The molecule has 0 fully saturated rings. The van der Waals surface area contributed by atoms with E-state index in [1.165, 1.54) is 24.3 Å². The molecule has 0 saturated carbocycles. The summed E-state index contributed by atoms with van der Waals surface area (Å²) in [6.45, 7) is 4.81. The van der Waals surface area contributed by atoms with Crippen LogP contribution in [-0.2, 0) is 18.4 Å². The van der Waals surface area contributed by atoms with Crippen LogP contribution in [0.5, 0.6) is 5.75 Å². The van der Waals surface area contributed by atoms with E-state index in [4.69, 9.17) is 0 Å². The number of benzene rings is 1. The third kappa shape index (κ3) is 4.44. The van der Waals surface area contributed by atoms with Crippen molar-refractivity contribution >= 4 is 16.8 Å². The Morgan fingerprint density at radius 3 is 2.40 bits per heavy atom. The van der Waals surface area contributed by atoms with Crippen LogP contribution in [0, 0.1) is 13.8 Å². The molecule has 3 rings (SSSR count). The van der Waals surface area contributed by atoms with Gasteiger partial charge in [0.05, 0.1) is 28.3 Å². The molecule has 0 aliphatic heterocycles. The van der Waals surface area contributed by atoms with Gasteiger partial charge in [-0.05, 0) is 38.5 Å². The summed E-state index contributed by atoms with van der Waals surface area (Å²) in [4.78, 5) is 25.2. The van der Waals surface area contributed by atoms with Crippen LogP contribution in [0.4, 0.5) is 13.2 Å². The maximum absolute atomic E-state index is 12.7.